The van der Waals surface area contributed by atoms with E-state index in [4.69, 9.17) is 14.9 Å². The predicted molar refractivity (Wildman–Crippen MR) is 58.0 cm³/mol. The Morgan fingerprint density at radius 2 is 1.81 bits per heavy atom. The number of aliphatic hydroxyl groups is 1. The average Bonchev–Trinajstić information content (AvgIpc) is 2.21. The van der Waals surface area contributed by atoms with Crippen molar-refractivity contribution in [1.29, 1.82) is 0 Å². The third kappa shape index (κ3) is 8.23. The lowest BCUT2D eigenvalue weighted by molar-refractivity contribution is -0.158. The summed E-state index contributed by atoms with van der Waals surface area (Å²) in [4.78, 5) is 21.2. The summed E-state index contributed by atoms with van der Waals surface area (Å²) in [7, 11) is 0. The number of esters is 1. The van der Waals surface area contributed by atoms with Gasteiger partial charge in [-0.15, -0.1) is 0 Å². The molecule has 0 spiro atoms. The Morgan fingerprint density at radius 3 is 2.38 bits per heavy atom. The minimum Gasteiger partial charge on any atom is -0.481 e. The third-order valence-electron chi connectivity index (χ3n) is 2.13. The number of hydrogen-bond acceptors (Lipinski definition) is 4. The highest BCUT2D eigenvalue weighted by atomic mass is 16.5. The first-order valence-corrected chi connectivity index (χ1v) is 5.64. The van der Waals surface area contributed by atoms with E-state index in [1.807, 2.05) is 0 Å². The number of carboxylic acids is 1. The van der Waals surface area contributed by atoms with Crippen molar-refractivity contribution in [2.75, 3.05) is 6.61 Å². The number of aliphatic carboxylic acids is 1. The molecular formula is C11H20O5. The number of rotatable bonds is 9. The van der Waals surface area contributed by atoms with Gasteiger partial charge in [0, 0.05) is 0 Å². The Balaban J connectivity index is 3.46. The van der Waals surface area contributed by atoms with Crippen molar-refractivity contribution in [2.24, 2.45) is 0 Å². The monoisotopic (exact) mass is 232 g/mol. The number of carbonyl (C=O) groups excluding carboxylic acids is 1. The molecule has 1 unspecified atom stereocenters. The summed E-state index contributed by atoms with van der Waals surface area (Å²) in [5.74, 6) is -2.06. The second-order valence-corrected chi connectivity index (χ2v) is 3.70. The van der Waals surface area contributed by atoms with Crippen molar-refractivity contribution < 1.29 is 24.5 Å². The van der Waals surface area contributed by atoms with Gasteiger partial charge in [0.25, 0.3) is 0 Å². The minimum atomic E-state index is -1.55. The van der Waals surface area contributed by atoms with E-state index >= 15 is 0 Å². The lowest BCUT2D eigenvalue weighted by Gasteiger charge is -2.08. The molecular weight excluding hydrogens is 212 g/mol. The van der Waals surface area contributed by atoms with E-state index in [-0.39, 0.29) is 6.61 Å². The van der Waals surface area contributed by atoms with Gasteiger partial charge in [-0.25, -0.2) is 4.79 Å². The van der Waals surface area contributed by atoms with E-state index in [9.17, 15) is 9.59 Å². The van der Waals surface area contributed by atoms with Crippen LogP contribution in [0.3, 0.4) is 0 Å². The van der Waals surface area contributed by atoms with Crippen molar-refractivity contribution in [3.63, 3.8) is 0 Å². The van der Waals surface area contributed by atoms with Gasteiger partial charge in [-0.3, -0.25) is 4.79 Å². The highest BCUT2D eigenvalue weighted by Crippen LogP contribution is 2.03. The molecule has 0 aromatic heterocycles. The first-order valence-electron chi connectivity index (χ1n) is 5.64. The number of ether oxygens (including phenoxy) is 1. The molecule has 5 heteroatoms. The highest BCUT2D eigenvalue weighted by molar-refractivity contribution is 5.80. The lowest BCUT2D eigenvalue weighted by Crippen LogP contribution is -2.26. The number of carboxylic acid groups (broad SMARTS) is 1. The van der Waals surface area contributed by atoms with E-state index in [0.717, 1.165) is 32.1 Å². The zero-order valence-corrected chi connectivity index (χ0v) is 9.65. The maximum atomic E-state index is 11.0. The van der Waals surface area contributed by atoms with E-state index in [1.165, 1.54) is 0 Å². The molecule has 0 fully saturated rings. The van der Waals surface area contributed by atoms with Gasteiger partial charge in [-0.2, -0.15) is 0 Å². The first kappa shape index (κ1) is 14.9. The fraction of sp³-hybridized carbons (Fsp3) is 0.818. The number of carbonyl (C=O) groups is 2. The van der Waals surface area contributed by atoms with Gasteiger partial charge in [-0.05, 0) is 6.42 Å². The maximum absolute atomic E-state index is 11.0. The minimum absolute atomic E-state index is 0.249. The van der Waals surface area contributed by atoms with Gasteiger partial charge in [0.2, 0.25) is 0 Å². The summed E-state index contributed by atoms with van der Waals surface area (Å²) in [5.41, 5.74) is 0. The standard InChI is InChI=1S/C11H20O5/c1-2-3-4-5-6-7-16-11(15)9(12)8-10(13)14/h9,12H,2-8H2,1H3,(H,13,14). The van der Waals surface area contributed by atoms with Gasteiger partial charge in [0.05, 0.1) is 13.0 Å². The predicted octanol–water partition coefficient (Wildman–Crippen LogP) is 1.34. The van der Waals surface area contributed by atoms with E-state index in [1.54, 1.807) is 0 Å². The zero-order valence-electron chi connectivity index (χ0n) is 9.65. The summed E-state index contributed by atoms with van der Waals surface area (Å²) in [6.07, 6.45) is 3.00. The molecule has 5 nitrogen and oxygen atoms in total. The Morgan fingerprint density at radius 1 is 1.19 bits per heavy atom. The van der Waals surface area contributed by atoms with E-state index in [2.05, 4.69) is 6.92 Å². The number of unbranched alkanes of at least 4 members (excludes halogenated alkanes) is 4. The molecule has 16 heavy (non-hydrogen) atoms. The Bertz CT molecular complexity index is 214. The molecule has 0 heterocycles. The molecule has 2 N–H and O–H groups in total. The normalized spacial score (nSPS) is 12.1. The lowest BCUT2D eigenvalue weighted by atomic mass is 10.2. The molecule has 1 atom stereocenters. The summed E-state index contributed by atoms with van der Waals surface area (Å²) in [6.45, 7) is 2.36. The average molecular weight is 232 g/mol. The van der Waals surface area contributed by atoms with Crippen LogP contribution in [0.25, 0.3) is 0 Å². The fourth-order valence-electron chi connectivity index (χ4n) is 1.22. The van der Waals surface area contributed by atoms with Crippen LogP contribution >= 0.6 is 0 Å². The molecule has 0 bridgehead atoms. The highest BCUT2D eigenvalue weighted by Gasteiger charge is 2.19. The summed E-state index contributed by atoms with van der Waals surface area (Å²) < 4.78 is 4.73. The Kier molecular flexibility index (Phi) is 8.52. The van der Waals surface area contributed by atoms with Crippen molar-refractivity contribution in [3.8, 4) is 0 Å². The maximum Gasteiger partial charge on any atom is 0.335 e. The molecule has 94 valence electrons. The van der Waals surface area contributed by atoms with Crippen molar-refractivity contribution in [1.82, 2.24) is 0 Å². The molecule has 0 aliphatic heterocycles. The van der Waals surface area contributed by atoms with Crippen molar-refractivity contribution in [3.05, 3.63) is 0 Å². The SMILES string of the molecule is CCCCCCCOC(=O)C(O)CC(=O)O. The Labute approximate surface area is 95.4 Å². The smallest absolute Gasteiger partial charge is 0.335 e. The van der Waals surface area contributed by atoms with Crippen molar-refractivity contribution >= 4 is 11.9 Å². The van der Waals surface area contributed by atoms with Crippen LogP contribution in [0.2, 0.25) is 0 Å². The molecule has 0 radical (unpaired) electrons. The van der Waals surface area contributed by atoms with Gasteiger partial charge < -0.3 is 14.9 Å². The van der Waals surface area contributed by atoms with Crippen LogP contribution in [-0.2, 0) is 14.3 Å². The van der Waals surface area contributed by atoms with E-state index < -0.39 is 24.5 Å². The van der Waals surface area contributed by atoms with Gasteiger partial charge >= 0.3 is 11.9 Å². The van der Waals surface area contributed by atoms with Crippen LogP contribution in [0.15, 0.2) is 0 Å². The molecule has 0 saturated carbocycles. The molecule has 0 saturated heterocycles. The summed E-state index contributed by atoms with van der Waals surface area (Å²) in [6, 6.07) is 0. The second-order valence-electron chi connectivity index (χ2n) is 3.70. The van der Waals surface area contributed by atoms with Crippen LogP contribution in [0, 0.1) is 0 Å². The molecule has 0 rings (SSSR count). The summed E-state index contributed by atoms with van der Waals surface area (Å²) in [5, 5.41) is 17.4. The van der Waals surface area contributed by atoms with Crippen LogP contribution in [0.5, 0.6) is 0 Å². The van der Waals surface area contributed by atoms with Gasteiger partial charge in [0.15, 0.2) is 6.10 Å². The summed E-state index contributed by atoms with van der Waals surface area (Å²) >= 11 is 0. The van der Waals surface area contributed by atoms with Crippen molar-refractivity contribution in [2.45, 2.75) is 51.6 Å². The third-order valence-corrected chi connectivity index (χ3v) is 2.13. The van der Waals surface area contributed by atoms with Gasteiger partial charge in [0.1, 0.15) is 0 Å². The van der Waals surface area contributed by atoms with Crippen LogP contribution < -0.4 is 0 Å². The number of aliphatic hydroxyl groups excluding tert-OH is 1. The largest absolute Gasteiger partial charge is 0.481 e. The molecule has 0 aromatic rings. The van der Waals surface area contributed by atoms with Crippen LogP contribution in [0.1, 0.15) is 45.4 Å². The molecule has 0 aliphatic rings. The molecule has 0 amide bonds. The molecule has 0 aromatic carbocycles. The zero-order chi connectivity index (χ0) is 12.4. The topological polar surface area (TPSA) is 83.8 Å². The molecule has 0 aliphatic carbocycles. The van der Waals surface area contributed by atoms with Gasteiger partial charge in [-0.1, -0.05) is 32.6 Å². The first-order chi connectivity index (χ1) is 7.57. The quantitative estimate of drug-likeness (QED) is 0.463. The number of hydrogen-bond donors (Lipinski definition) is 2. The fourth-order valence-corrected chi connectivity index (χ4v) is 1.22. The Hall–Kier alpha value is -1.10. The van der Waals surface area contributed by atoms with E-state index in [0.29, 0.717) is 0 Å². The second kappa shape index (κ2) is 9.15. The van der Waals surface area contributed by atoms with Crippen LogP contribution in [-0.4, -0.2) is 34.9 Å². The van der Waals surface area contributed by atoms with Crippen LogP contribution in [0.4, 0.5) is 0 Å².